The average molecular weight is 346 g/mol. The van der Waals surface area contributed by atoms with Gasteiger partial charge in [-0.05, 0) is 31.2 Å². The predicted octanol–water partition coefficient (Wildman–Crippen LogP) is 5.50. The van der Waals surface area contributed by atoms with E-state index in [1.807, 2.05) is 12.1 Å². The van der Waals surface area contributed by atoms with Crippen LogP contribution in [0.1, 0.15) is 25.5 Å². The third-order valence-electron chi connectivity index (χ3n) is 2.96. The maximum absolute atomic E-state index is 6.10. The summed E-state index contributed by atoms with van der Waals surface area (Å²) in [6, 6.07) is 7.15. The minimum absolute atomic E-state index is 0.213. The van der Waals surface area contributed by atoms with Crippen LogP contribution in [0.15, 0.2) is 30.5 Å². The summed E-state index contributed by atoms with van der Waals surface area (Å²) < 4.78 is 5.70. The number of halogens is 3. The molecule has 2 rings (SSSR count). The Labute approximate surface area is 139 Å². The topological polar surface area (TPSA) is 34.2 Å². The zero-order valence-corrected chi connectivity index (χ0v) is 13.9. The number of rotatable bonds is 5. The quantitative estimate of drug-likeness (QED) is 0.726. The molecule has 3 nitrogen and oxygen atoms in total. The van der Waals surface area contributed by atoms with Crippen molar-refractivity contribution in [2.45, 2.75) is 19.9 Å². The zero-order chi connectivity index (χ0) is 15.4. The summed E-state index contributed by atoms with van der Waals surface area (Å²) in [5.74, 6) is 0.879. The van der Waals surface area contributed by atoms with E-state index in [1.165, 1.54) is 0 Å². The molecule has 0 aliphatic heterocycles. The first-order chi connectivity index (χ1) is 10.0. The lowest BCUT2D eigenvalue weighted by molar-refractivity contribution is 0.460. The summed E-state index contributed by atoms with van der Waals surface area (Å²) in [6.07, 6.45) is 1.70. The van der Waals surface area contributed by atoms with E-state index < -0.39 is 0 Å². The highest BCUT2D eigenvalue weighted by Gasteiger charge is 2.10. The summed E-state index contributed by atoms with van der Waals surface area (Å²) >= 11 is 18.0. The van der Waals surface area contributed by atoms with E-state index in [-0.39, 0.29) is 6.04 Å². The summed E-state index contributed by atoms with van der Waals surface area (Å²) in [4.78, 5) is 4.19. The molecule has 1 atom stereocenters. The second-order valence-electron chi connectivity index (χ2n) is 4.51. The summed E-state index contributed by atoms with van der Waals surface area (Å²) in [6.45, 7) is 5.03. The molecule has 0 saturated heterocycles. The molecule has 0 radical (unpaired) electrons. The number of pyridine rings is 1. The van der Waals surface area contributed by atoms with E-state index in [1.54, 1.807) is 18.3 Å². The first kappa shape index (κ1) is 16.4. The van der Waals surface area contributed by atoms with Crippen LogP contribution in [0.2, 0.25) is 15.1 Å². The van der Waals surface area contributed by atoms with Gasteiger partial charge in [0.2, 0.25) is 5.88 Å². The Morgan fingerprint density at radius 1 is 1.14 bits per heavy atom. The molecule has 0 fully saturated rings. The lowest BCUT2D eigenvalue weighted by Crippen LogP contribution is -2.17. The van der Waals surface area contributed by atoms with Crippen LogP contribution in [-0.2, 0) is 0 Å². The maximum Gasteiger partial charge on any atom is 0.219 e. The van der Waals surface area contributed by atoms with Crippen molar-refractivity contribution in [2.75, 3.05) is 6.54 Å². The highest BCUT2D eigenvalue weighted by molar-refractivity contribution is 6.43. The van der Waals surface area contributed by atoms with Crippen LogP contribution in [0, 0.1) is 0 Å². The number of hydrogen-bond acceptors (Lipinski definition) is 3. The fraction of sp³-hybridized carbons (Fsp3) is 0.267. The Balaban J connectivity index is 2.24. The normalized spacial score (nSPS) is 12.2. The van der Waals surface area contributed by atoms with E-state index in [0.717, 1.165) is 12.1 Å². The van der Waals surface area contributed by atoms with Gasteiger partial charge in [-0.3, -0.25) is 0 Å². The smallest absolute Gasteiger partial charge is 0.219 e. The van der Waals surface area contributed by atoms with Crippen LogP contribution in [0.25, 0.3) is 0 Å². The van der Waals surface area contributed by atoms with Gasteiger partial charge < -0.3 is 10.1 Å². The number of nitrogens with one attached hydrogen (secondary N) is 1. The van der Waals surface area contributed by atoms with Gasteiger partial charge in [0.1, 0.15) is 5.75 Å². The molecule has 0 spiro atoms. The largest absolute Gasteiger partial charge is 0.437 e. The summed E-state index contributed by atoms with van der Waals surface area (Å²) in [5.41, 5.74) is 1.08. The molecular weight excluding hydrogens is 331 g/mol. The van der Waals surface area contributed by atoms with Crippen LogP contribution < -0.4 is 10.1 Å². The molecule has 1 unspecified atom stereocenters. The first-order valence-electron chi connectivity index (χ1n) is 6.53. The van der Waals surface area contributed by atoms with Crippen LogP contribution in [0.4, 0.5) is 0 Å². The number of hydrogen-bond donors (Lipinski definition) is 1. The Morgan fingerprint density at radius 2 is 1.86 bits per heavy atom. The van der Waals surface area contributed by atoms with Crippen LogP contribution in [0.5, 0.6) is 11.6 Å². The maximum atomic E-state index is 6.10. The van der Waals surface area contributed by atoms with Gasteiger partial charge in [-0.1, -0.05) is 41.7 Å². The van der Waals surface area contributed by atoms with E-state index in [2.05, 4.69) is 24.1 Å². The Morgan fingerprint density at radius 3 is 2.57 bits per heavy atom. The number of aromatic nitrogens is 1. The third kappa shape index (κ3) is 4.24. The van der Waals surface area contributed by atoms with Crippen molar-refractivity contribution in [1.29, 1.82) is 0 Å². The van der Waals surface area contributed by atoms with Gasteiger partial charge in [0.15, 0.2) is 0 Å². The van der Waals surface area contributed by atoms with Crippen molar-refractivity contribution >= 4 is 34.8 Å². The molecule has 0 saturated carbocycles. The molecule has 6 heteroatoms. The molecule has 1 aromatic heterocycles. The van der Waals surface area contributed by atoms with Crippen molar-refractivity contribution in [3.8, 4) is 11.6 Å². The fourth-order valence-electron chi connectivity index (χ4n) is 1.87. The van der Waals surface area contributed by atoms with Crippen molar-refractivity contribution in [3.05, 3.63) is 51.1 Å². The van der Waals surface area contributed by atoms with Crippen molar-refractivity contribution in [1.82, 2.24) is 10.3 Å². The van der Waals surface area contributed by atoms with Gasteiger partial charge in [0.25, 0.3) is 0 Å². The number of nitrogens with zero attached hydrogens (tertiary/aromatic N) is 1. The van der Waals surface area contributed by atoms with Gasteiger partial charge in [-0.15, -0.1) is 0 Å². The van der Waals surface area contributed by atoms with Crippen molar-refractivity contribution in [3.63, 3.8) is 0 Å². The Kier molecular flexibility index (Phi) is 5.71. The molecule has 1 N–H and O–H groups in total. The van der Waals surface area contributed by atoms with Gasteiger partial charge in [0, 0.05) is 24.4 Å². The molecule has 0 amide bonds. The third-order valence-corrected chi connectivity index (χ3v) is 3.98. The molecule has 0 aliphatic rings. The SMILES string of the molecule is CCNC(C)c1ccnc(Oc2cc(Cl)c(Cl)cc2Cl)c1. The second kappa shape index (κ2) is 7.32. The van der Waals surface area contributed by atoms with E-state index in [4.69, 9.17) is 39.5 Å². The van der Waals surface area contributed by atoms with E-state index >= 15 is 0 Å². The standard InChI is InChI=1S/C15H15Cl3N2O/c1-3-19-9(2)10-4-5-20-15(6-10)21-14-8-12(17)11(16)7-13(14)18/h4-9,19H,3H2,1-2H3. The predicted molar refractivity (Wildman–Crippen MR) is 87.9 cm³/mol. The highest BCUT2D eigenvalue weighted by Crippen LogP contribution is 2.36. The van der Waals surface area contributed by atoms with E-state index in [9.17, 15) is 0 Å². The molecular formula is C15H15Cl3N2O. The van der Waals surface area contributed by atoms with Gasteiger partial charge in [-0.25, -0.2) is 4.98 Å². The second-order valence-corrected chi connectivity index (χ2v) is 5.73. The summed E-state index contributed by atoms with van der Waals surface area (Å²) in [7, 11) is 0. The molecule has 2 aromatic rings. The monoisotopic (exact) mass is 344 g/mol. The fourth-order valence-corrected chi connectivity index (χ4v) is 2.44. The zero-order valence-electron chi connectivity index (χ0n) is 11.7. The molecule has 21 heavy (non-hydrogen) atoms. The minimum Gasteiger partial charge on any atom is -0.437 e. The van der Waals surface area contributed by atoms with Gasteiger partial charge >= 0.3 is 0 Å². The Hall–Kier alpha value is -1.000. The Bertz CT molecular complexity index is 634. The van der Waals surface area contributed by atoms with Gasteiger partial charge in [0.05, 0.1) is 15.1 Å². The lowest BCUT2D eigenvalue weighted by atomic mass is 10.1. The van der Waals surface area contributed by atoms with Gasteiger partial charge in [-0.2, -0.15) is 0 Å². The van der Waals surface area contributed by atoms with E-state index in [0.29, 0.717) is 26.7 Å². The average Bonchev–Trinajstić information content (AvgIpc) is 2.45. The van der Waals surface area contributed by atoms with Crippen molar-refractivity contribution in [2.24, 2.45) is 0 Å². The summed E-state index contributed by atoms with van der Waals surface area (Å²) in [5, 5.41) is 4.49. The highest BCUT2D eigenvalue weighted by atomic mass is 35.5. The minimum atomic E-state index is 0.213. The van der Waals surface area contributed by atoms with Crippen LogP contribution in [0.3, 0.4) is 0 Å². The van der Waals surface area contributed by atoms with Crippen LogP contribution >= 0.6 is 34.8 Å². The van der Waals surface area contributed by atoms with Crippen LogP contribution in [-0.4, -0.2) is 11.5 Å². The molecule has 1 aromatic carbocycles. The number of benzene rings is 1. The lowest BCUT2D eigenvalue weighted by Gasteiger charge is -2.14. The number of ether oxygens (including phenoxy) is 1. The molecule has 0 bridgehead atoms. The molecule has 0 aliphatic carbocycles. The molecule has 1 heterocycles. The molecule has 112 valence electrons. The first-order valence-corrected chi connectivity index (χ1v) is 7.66. The van der Waals surface area contributed by atoms with Crippen molar-refractivity contribution < 1.29 is 4.74 Å².